The molecule has 0 bridgehead atoms. The molecule has 4 heterocycles. The van der Waals surface area contributed by atoms with Crippen LogP contribution in [0.1, 0.15) is 59.6 Å². The number of Topliss-reactive ketones (excluding diaryl/α,β-unsaturated/α-hetero) is 1. The van der Waals surface area contributed by atoms with Gasteiger partial charge in [-0.1, -0.05) is 25.4 Å². The topological polar surface area (TPSA) is 90.0 Å². The molecule has 1 aromatic heterocycles. The number of fused-ring (bicyclic) bond motifs is 1. The number of ketones is 1. The average molecular weight is 557 g/mol. The first-order valence-electron chi connectivity index (χ1n) is 13.3. The van der Waals surface area contributed by atoms with Crippen molar-refractivity contribution < 1.29 is 19.2 Å². The molecular weight excluding hydrogens is 524 g/mol. The van der Waals surface area contributed by atoms with Crippen LogP contribution in [0.5, 0.6) is 0 Å². The standard InChI is InChI=1S/C28H33ClN4O4S/c1-17(2)15-20(30-26(35)18-5-7-19(8-6-18)31-12-3-4-13-31)27(36)32-14-11-21-25(32)22(34)16-33(21)28(37)23-9-10-24(29)38-23/h5-10,17,20-21,25H,3-4,11-16H2,1-2H3,(H,30,35). The molecule has 3 unspecified atom stereocenters. The number of hydrogen-bond acceptors (Lipinski definition) is 6. The number of thiophene rings is 1. The monoisotopic (exact) mass is 556 g/mol. The Balaban J connectivity index is 1.28. The molecule has 0 radical (unpaired) electrons. The van der Waals surface area contributed by atoms with Gasteiger partial charge in [0.1, 0.15) is 12.1 Å². The number of carbonyl (C=O) groups is 4. The van der Waals surface area contributed by atoms with Gasteiger partial charge < -0.3 is 20.0 Å². The Morgan fingerprint density at radius 3 is 2.37 bits per heavy atom. The first-order chi connectivity index (χ1) is 18.2. The first-order valence-corrected chi connectivity index (χ1v) is 14.5. The number of amides is 3. The fraction of sp³-hybridized carbons (Fsp3) is 0.500. The van der Waals surface area contributed by atoms with Crippen LogP contribution in [0, 0.1) is 5.92 Å². The summed E-state index contributed by atoms with van der Waals surface area (Å²) in [5.74, 6) is -0.807. The van der Waals surface area contributed by atoms with Crippen molar-refractivity contribution in [1.29, 1.82) is 0 Å². The number of nitrogens with zero attached hydrogens (tertiary/aromatic N) is 3. The number of nitrogens with one attached hydrogen (secondary N) is 1. The second-order valence-corrected chi connectivity index (χ2v) is 12.4. The van der Waals surface area contributed by atoms with E-state index in [9.17, 15) is 19.2 Å². The van der Waals surface area contributed by atoms with Gasteiger partial charge in [0.15, 0.2) is 5.78 Å². The molecule has 1 N–H and O–H groups in total. The van der Waals surface area contributed by atoms with Gasteiger partial charge in [-0.15, -0.1) is 11.3 Å². The van der Waals surface area contributed by atoms with Crippen molar-refractivity contribution in [1.82, 2.24) is 15.1 Å². The van der Waals surface area contributed by atoms with Crippen LogP contribution in [0.25, 0.3) is 0 Å². The maximum Gasteiger partial charge on any atom is 0.264 e. The molecule has 3 saturated heterocycles. The maximum absolute atomic E-state index is 13.7. The molecule has 5 rings (SSSR count). The number of likely N-dealkylation sites (tertiary alicyclic amines) is 2. The Morgan fingerprint density at radius 1 is 1.03 bits per heavy atom. The van der Waals surface area contributed by atoms with Gasteiger partial charge in [0.05, 0.1) is 21.8 Å². The van der Waals surface area contributed by atoms with E-state index in [1.807, 2.05) is 26.0 Å². The van der Waals surface area contributed by atoms with Crippen molar-refractivity contribution in [2.45, 2.75) is 57.7 Å². The largest absolute Gasteiger partial charge is 0.372 e. The number of benzene rings is 1. The number of anilines is 1. The van der Waals surface area contributed by atoms with Crippen molar-refractivity contribution in [3.05, 3.63) is 51.2 Å². The summed E-state index contributed by atoms with van der Waals surface area (Å²) < 4.78 is 0.511. The molecule has 10 heteroatoms. The summed E-state index contributed by atoms with van der Waals surface area (Å²) in [6.07, 6.45) is 3.33. The SMILES string of the molecule is CC(C)CC(NC(=O)c1ccc(N2CCCC2)cc1)C(=O)N1CCC2C1C(=O)CN2C(=O)c1ccc(Cl)s1. The Kier molecular flexibility index (Phi) is 7.77. The summed E-state index contributed by atoms with van der Waals surface area (Å²) in [7, 11) is 0. The molecule has 0 saturated carbocycles. The highest BCUT2D eigenvalue weighted by Gasteiger charge is 2.52. The van der Waals surface area contributed by atoms with Crippen LogP contribution in [0.2, 0.25) is 4.34 Å². The predicted molar refractivity (Wildman–Crippen MR) is 148 cm³/mol. The summed E-state index contributed by atoms with van der Waals surface area (Å²) in [6.45, 7) is 6.38. The van der Waals surface area contributed by atoms with Gasteiger partial charge in [-0.05, 0) is 68.0 Å². The number of hydrogen-bond donors (Lipinski definition) is 1. The third kappa shape index (κ3) is 5.31. The molecule has 3 aliphatic rings. The Bertz CT molecular complexity index is 1220. The third-order valence-corrected chi connectivity index (χ3v) is 8.88. The highest BCUT2D eigenvalue weighted by atomic mass is 35.5. The third-order valence-electron chi connectivity index (χ3n) is 7.66. The Hall–Kier alpha value is -2.91. The normalized spacial score (nSPS) is 21.8. The van der Waals surface area contributed by atoms with E-state index in [0.29, 0.717) is 34.2 Å². The summed E-state index contributed by atoms with van der Waals surface area (Å²) in [4.78, 5) is 59.0. The summed E-state index contributed by atoms with van der Waals surface area (Å²) in [5, 5.41) is 2.94. The fourth-order valence-electron chi connectivity index (χ4n) is 5.84. The highest BCUT2D eigenvalue weighted by molar-refractivity contribution is 7.18. The zero-order valence-electron chi connectivity index (χ0n) is 21.7. The number of halogens is 1. The minimum absolute atomic E-state index is 0.0297. The molecule has 0 aliphatic carbocycles. The van der Waals surface area contributed by atoms with Gasteiger partial charge in [-0.25, -0.2) is 0 Å². The second-order valence-electron chi connectivity index (χ2n) is 10.7. The molecule has 3 fully saturated rings. The van der Waals surface area contributed by atoms with Gasteiger partial charge in [0, 0.05) is 30.9 Å². The molecule has 1 aromatic carbocycles. The van der Waals surface area contributed by atoms with E-state index in [0.717, 1.165) is 18.8 Å². The van der Waals surface area contributed by atoms with E-state index in [-0.39, 0.29) is 42.0 Å². The van der Waals surface area contributed by atoms with Crippen LogP contribution in [0.3, 0.4) is 0 Å². The molecule has 3 atom stereocenters. The van der Waals surface area contributed by atoms with Gasteiger partial charge >= 0.3 is 0 Å². The number of rotatable bonds is 7. The molecule has 3 amide bonds. The van der Waals surface area contributed by atoms with E-state index < -0.39 is 12.1 Å². The number of carbonyl (C=O) groups excluding carboxylic acids is 4. The van der Waals surface area contributed by atoms with E-state index in [2.05, 4.69) is 10.2 Å². The van der Waals surface area contributed by atoms with Gasteiger partial charge in [0.2, 0.25) is 5.91 Å². The van der Waals surface area contributed by atoms with Crippen molar-refractivity contribution in [2.75, 3.05) is 31.1 Å². The van der Waals surface area contributed by atoms with Crippen LogP contribution >= 0.6 is 22.9 Å². The van der Waals surface area contributed by atoms with Crippen molar-refractivity contribution in [3.8, 4) is 0 Å². The van der Waals surface area contributed by atoms with Crippen LogP contribution in [0.4, 0.5) is 5.69 Å². The van der Waals surface area contributed by atoms with Gasteiger partial charge in [0.25, 0.3) is 11.8 Å². The van der Waals surface area contributed by atoms with Gasteiger partial charge in [-0.2, -0.15) is 0 Å². The Labute approximate surface area is 231 Å². The molecule has 2 aromatic rings. The maximum atomic E-state index is 13.7. The fourth-order valence-corrected chi connectivity index (χ4v) is 6.84. The van der Waals surface area contributed by atoms with Crippen molar-refractivity contribution >= 4 is 52.1 Å². The van der Waals surface area contributed by atoms with E-state index in [1.165, 1.54) is 24.2 Å². The van der Waals surface area contributed by atoms with E-state index >= 15 is 0 Å². The highest BCUT2D eigenvalue weighted by Crippen LogP contribution is 2.33. The minimum atomic E-state index is -0.756. The van der Waals surface area contributed by atoms with Crippen LogP contribution in [-0.2, 0) is 9.59 Å². The van der Waals surface area contributed by atoms with E-state index in [1.54, 1.807) is 34.1 Å². The zero-order chi connectivity index (χ0) is 27.0. The molecule has 3 aliphatic heterocycles. The van der Waals surface area contributed by atoms with Gasteiger partial charge in [-0.3, -0.25) is 19.2 Å². The lowest BCUT2D eigenvalue weighted by Crippen LogP contribution is -2.53. The first kappa shape index (κ1) is 26.7. The molecular formula is C28H33ClN4O4S. The van der Waals surface area contributed by atoms with E-state index in [4.69, 9.17) is 11.6 Å². The minimum Gasteiger partial charge on any atom is -0.372 e. The molecule has 8 nitrogen and oxygen atoms in total. The lowest BCUT2D eigenvalue weighted by Gasteiger charge is -2.29. The van der Waals surface area contributed by atoms with Crippen LogP contribution in [-0.4, -0.2) is 77.6 Å². The summed E-state index contributed by atoms with van der Waals surface area (Å²) in [6, 6.07) is 9.02. The van der Waals surface area contributed by atoms with Crippen molar-refractivity contribution in [2.24, 2.45) is 5.92 Å². The molecule has 38 heavy (non-hydrogen) atoms. The summed E-state index contributed by atoms with van der Waals surface area (Å²) >= 11 is 7.19. The predicted octanol–water partition coefficient (Wildman–Crippen LogP) is 3.84. The van der Waals surface area contributed by atoms with Crippen LogP contribution in [0.15, 0.2) is 36.4 Å². The molecule has 202 valence electrons. The Morgan fingerprint density at radius 2 is 1.74 bits per heavy atom. The summed E-state index contributed by atoms with van der Waals surface area (Å²) in [5.41, 5.74) is 1.60. The molecule has 0 spiro atoms. The van der Waals surface area contributed by atoms with Crippen molar-refractivity contribution in [3.63, 3.8) is 0 Å². The van der Waals surface area contributed by atoms with Crippen LogP contribution < -0.4 is 10.2 Å². The zero-order valence-corrected chi connectivity index (χ0v) is 23.3. The average Bonchev–Trinajstić information content (AvgIpc) is 3.69. The smallest absolute Gasteiger partial charge is 0.264 e. The lowest BCUT2D eigenvalue weighted by molar-refractivity contribution is -0.138. The quantitative estimate of drug-likeness (QED) is 0.559. The lowest BCUT2D eigenvalue weighted by atomic mass is 10.0. The second kappa shape index (κ2) is 11.1.